The number of nitro groups is 1. The Labute approximate surface area is 156 Å². The van der Waals surface area contributed by atoms with Crippen LogP contribution in [0.15, 0.2) is 59.7 Å². The van der Waals surface area contributed by atoms with Gasteiger partial charge in [-0.3, -0.25) is 14.9 Å². The summed E-state index contributed by atoms with van der Waals surface area (Å²) in [6, 6.07) is 13.1. The van der Waals surface area contributed by atoms with Gasteiger partial charge in [0.2, 0.25) is 0 Å². The van der Waals surface area contributed by atoms with Crippen LogP contribution in [0.2, 0.25) is 0 Å². The largest absolute Gasteiger partial charge is 0.502 e. The van der Waals surface area contributed by atoms with Gasteiger partial charge in [-0.05, 0) is 42.0 Å². The summed E-state index contributed by atoms with van der Waals surface area (Å²) in [6.07, 6.45) is 1.23. The van der Waals surface area contributed by atoms with Crippen molar-refractivity contribution in [2.45, 2.75) is 0 Å². The van der Waals surface area contributed by atoms with Crippen LogP contribution in [0, 0.1) is 15.9 Å². The zero-order chi connectivity index (χ0) is 19.4. The summed E-state index contributed by atoms with van der Waals surface area (Å²) in [7, 11) is 0. The first-order valence-corrected chi connectivity index (χ1v) is 8.42. The number of amides is 1. The molecule has 3 rings (SSSR count). The van der Waals surface area contributed by atoms with E-state index in [1.165, 1.54) is 41.8 Å². The topological polar surface area (TPSA) is 105 Å². The summed E-state index contributed by atoms with van der Waals surface area (Å²) in [5, 5.41) is 24.0. The zero-order valence-electron chi connectivity index (χ0n) is 13.6. The van der Waals surface area contributed by atoms with Crippen molar-refractivity contribution in [2.75, 3.05) is 0 Å². The lowest BCUT2D eigenvalue weighted by Gasteiger charge is -1.99. The number of carbonyl (C=O) groups is 1. The third kappa shape index (κ3) is 4.33. The van der Waals surface area contributed by atoms with E-state index in [0.29, 0.717) is 10.4 Å². The van der Waals surface area contributed by atoms with Gasteiger partial charge in [0, 0.05) is 16.5 Å². The molecule has 27 heavy (non-hydrogen) atoms. The highest BCUT2D eigenvalue weighted by atomic mass is 32.1. The van der Waals surface area contributed by atoms with E-state index in [0.717, 1.165) is 16.5 Å². The van der Waals surface area contributed by atoms with E-state index in [-0.39, 0.29) is 5.82 Å². The van der Waals surface area contributed by atoms with Crippen LogP contribution in [-0.2, 0) is 0 Å². The standard InChI is InChI=1S/C18H12FN3O4S/c19-13-4-2-12(3-5-13)16-7-8-17(27-16)18(24)21-20-10-11-1-6-15(23)14(9-11)22(25)26/h1-10,23H,(H,21,24)/b20-10+. The second-order valence-electron chi connectivity index (χ2n) is 5.38. The summed E-state index contributed by atoms with van der Waals surface area (Å²) >= 11 is 1.22. The Bertz CT molecular complexity index is 1030. The smallest absolute Gasteiger partial charge is 0.311 e. The van der Waals surface area contributed by atoms with Crippen LogP contribution in [0.5, 0.6) is 5.75 Å². The molecular weight excluding hydrogens is 373 g/mol. The van der Waals surface area contributed by atoms with E-state index in [1.807, 2.05) is 0 Å². The first-order chi connectivity index (χ1) is 12.9. The van der Waals surface area contributed by atoms with Gasteiger partial charge in [0.15, 0.2) is 5.75 Å². The summed E-state index contributed by atoms with van der Waals surface area (Å²) in [5.74, 6) is -1.23. The van der Waals surface area contributed by atoms with Crippen molar-refractivity contribution in [2.24, 2.45) is 5.10 Å². The Morgan fingerprint density at radius 2 is 1.93 bits per heavy atom. The molecule has 0 atom stereocenters. The Kier molecular flexibility index (Phi) is 5.23. The molecule has 0 aliphatic carbocycles. The molecule has 0 fully saturated rings. The van der Waals surface area contributed by atoms with Crippen molar-refractivity contribution in [3.8, 4) is 16.2 Å². The predicted molar refractivity (Wildman–Crippen MR) is 99.5 cm³/mol. The molecule has 0 aliphatic rings. The maximum Gasteiger partial charge on any atom is 0.311 e. The number of nitrogens with zero attached hydrogens (tertiary/aromatic N) is 2. The fourth-order valence-electron chi connectivity index (χ4n) is 2.22. The fraction of sp³-hybridized carbons (Fsp3) is 0. The normalized spacial score (nSPS) is 10.9. The average Bonchev–Trinajstić information content (AvgIpc) is 3.13. The summed E-state index contributed by atoms with van der Waals surface area (Å²) in [5.41, 5.74) is 3.02. The van der Waals surface area contributed by atoms with E-state index in [1.54, 1.807) is 24.3 Å². The maximum atomic E-state index is 13.0. The number of nitro benzene ring substituents is 1. The number of halogens is 1. The first kappa shape index (κ1) is 18.2. The van der Waals surface area contributed by atoms with Crippen molar-refractivity contribution in [3.05, 3.63) is 81.0 Å². The van der Waals surface area contributed by atoms with E-state index >= 15 is 0 Å². The molecular formula is C18H12FN3O4S. The van der Waals surface area contributed by atoms with Gasteiger partial charge in [0.25, 0.3) is 5.91 Å². The highest BCUT2D eigenvalue weighted by Crippen LogP contribution is 2.28. The number of benzene rings is 2. The molecule has 0 saturated heterocycles. The fourth-order valence-corrected chi connectivity index (χ4v) is 3.12. The van der Waals surface area contributed by atoms with Gasteiger partial charge < -0.3 is 5.11 Å². The molecule has 136 valence electrons. The van der Waals surface area contributed by atoms with Crippen molar-refractivity contribution in [1.82, 2.24) is 5.43 Å². The molecule has 0 unspecified atom stereocenters. The molecule has 0 aliphatic heterocycles. The SMILES string of the molecule is O=C(N/N=C/c1ccc(O)c([N+](=O)[O-])c1)c1ccc(-c2ccc(F)cc2)s1. The Balaban J connectivity index is 1.68. The molecule has 0 bridgehead atoms. The number of nitrogens with one attached hydrogen (secondary N) is 1. The van der Waals surface area contributed by atoms with Crippen molar-refractivity contribution in [3.63, 3.8) is 0 Å². The number of phenols is 1. The van der Waals surface area contributed by atoms with Gasteiger partial charge in [0.05, 0.1) is 16.0 Å². The quantitative estimate of drug-likeness (QED) is 0.394. The van der Waals surface area contributed by atoms with Gasteiger partial charge in [-0.15, -0.1) is 11.3 Å². The molecule has 0 saturated carbocycles. The van der Waals surface area contributed by atoms with E-state index < -0.39 is 22.3 Å². The molecule has 3 aromatic rings. The van der Waals surface area contributed by atoms with Crippen LogP contribution >= 0.6 is 11.3 Å². The molecule has 1 aromatic heterocycles. The van der Waals surface area contributed by atoms with Crippen molar-refractivity contribution >= 4 is 29.1 Å². The van der Waals surface area contributed by atoms with Crippen LogP contribution in [-0.4, -0.2) is 22.2 Å². The molecule has 0 radical (unpaired) electrons. The van der Waals surface area contributed by atoms with Gasteiger partial charge in [-0.2, -0.15) is 5.10 Å². The van der Waals surface area contributed by atoms with Crippen LogP contribution in [0.4, 0.5) is 10.1 Å². The van der Waals surface area contributed by atoms with Gasteiger partial charge in [0.1, 0.15) is 5.82 Å². The minimum Gasteiger partial charge on any atom is -0.502 e. The lowest BCUT2D eigenvalue weighted by atomic mass is 10.2. The number of hydrogen-bond donors (Lipinski definition) is 2. The number of hydrazone groups is 1. The average molecular weight is 385 g/mol. The van der Waals surface area contributed by atoms with Crippen LogP contribution in [0.3, 0.4) is 0 Å². The highest BCUT2D eigenvalue weighted by Gasteiger charge is 2.13. The second kappa shape index (κ2) is 7.75. The number of aromatic hydroxyl groups is 1. The van der Waals surface area contributed by atoms with Gasteiger partial charge in [-0.1, -0.05) is 12.1 Å². The molecule has 7 nitrogen and oxygen atoms in total. The third-order valence-electron chi connectivity index (χ3n) is 3.53. The summed E-state index contributed by atoms with van der Waals surface area (Å²) in [4.78, 5) is 23.4. The lowest BCUT2D eigenvalue weighted by molar-refractivity contribution is -0.385. The van der Waals surface area contributed by atoms with E-state index in [9.17, 15) is 24.4 Å². The molecule has 1 amide bonds. The third-order valence-corrected chi connectivity index (χ3v) is 4.67. The second-order valence-corrected chi connectivity index (χ2v) is 6.46. The number of rotatable bonds is 5. The van der Waals surface area contributed by atoms with Crippen molar-refractivity contribution in [1.29, 1.82) is 0 Å². The number of hydrogen-bond acceptors (Lipinski definition) is 6. The lowest BCUT2D eigenvalue weighted by Crippen LogP contribution is -2.16. The summed E-state index contributed by atoms with van der Waals surface area (Å²) < 4.78 is 13.0. The first-order valence-electron chi connectivity index (χ1n) is 7.60. The Morgan fingerprint density at radius 1 is 1.19 bits per heavy atom. The van der Waals surface area contributed by atoms with E-state index in [4.69, 9.17) is 0 Å². The maximum absolute atomic E-state index is 13.0. The summed E-state index contributed by atoms with van der Waals surface area (Å²) in [6.45, 7) is 0. The Hall–Kier alpha value is -3.59. The van der Waals surface area contributed by atoms with Crippen molar-refractivity contribution < 1.29 is 19.2 Å². The minimum atomic E-state index is -0.714. The molecule has 0 spiro atoms. The molecule has 2 aromatic carbocycles. The van der Waals surface area contributed by atoms with Crippen LogP contribution in [0.25, 0.3) is 10.4 Å². The molecule has 2 N–H and O–H groups in total. The monoisotopic (exact) mass is 385 g/mol. The van der Waals surface area contributed by atoms with E-state index in [2.05, 4.69) is 10.5 Å². The predicted octanol–water partition coefficient (Wildman–Crippen LogP) is 3.93. The van der Waals surface area contributed by atoms with Crippen LogP contribution < -0.4 is 5.43 Å². The minimum absolute atomic E-state index is 0.336. The highest BCUT2D eigenvalue weighted by molar-refractivity contribution is 7.17. The van der Waals surface area contributed by atoms with Crippen LogP contribution in [0.1, 0.15) is 15.2 Å². The number of carbonyl (C=O) groups excluding carboxylic acids is 1. The Morgan fingerprint density at radius 3 is 2.63 bits per heavy atom. The molecule has 9 heteroatoms. The number of thiophene rings is 1. The molecule has 1 heterocycles. The van der Waals surface area contributed by atoms with Gasteiger partial charge >= 0.3 is 5.69 Å². The zero-order valence-corrected chi connectivity index (χ0v) is 14.4. The number of phenolic OH excluding ortho intramolecular Hbond substituents is 1. The van der Waals surface area contributed by atoms with Gasteiger partial charge in [-0.25, -0.2) is 9.82 Å².